The van der Waals surface area contributed by atoms with Gasteiger partial charge in [0.25, 0.3) is 0 Å². The van der Waals surface area contributed by atoms with E-state index < -0.39 is 12.4 Å². The first-order valence-corrected chi connectivity index (χ1v) is 5.04. The molecule has 2 nitrogen and oxygen atoms in total. The monoisotopic (exact) mass is 298 g/mol. The van der Waals surface area contributed by atoms with Gasteiger partial charge < -0.3 is 4.74 Å². The van der Waals surface area contributed by atoms with Gasteiger partial charge in [-0.3, -0.25) is 4.79 Å². The van der Waals surface area contributed by atoms with Crippen LogP contribution in [0.2, 0.25) is 5.02 Å². The summed E-state index contributed by atoms with van der Waals surface area (Å²) in [6, 6.07) is 2.87. The van der Waals surface area contributed by atoms with Crippen molar-refractivity contribution in [1.82, 2.24) is 0 Å². The summed E-state index contributed by atoms with van der Waals surface area (Å²) in [7, 11) is 0. The molecule has 0 N–H and O–H groups in total. The van der Waals surface area contributed by atoms with Crippen molar-refractivity contribution in [2.24, 2.45) is 0 Å². The van der Waals surface area contributed by atoms with Crippen molar-refractivity contribution in [1.29, 1.82) is 0 Å². The van der Waals surface area contributed by atoms with E-state index in [1.807, 2.05) is 0 Å². The Hall–Kier alpha value is -0.680. The van der Waals surface area contributed by atoms with Gasteiger partial charge in [0.2, 0.25) is 0 Å². The van der Waals surface area contributed by atoms with E-state index in [1.54, 1.807) is 0 Å². The Labute approximate surface area is 98.3 Å². The van der Waals surface area contributed by atoms with Crippen molar-refractivity contribution in [2.45, 2.75) is 13.5 Å². The number of ether oxygens (including phenoxy) is 1. The summed E-state index contributed by atoms with van der Waals surface area (Å²) in [6.45, 7) is -1.77. The highest BCUT2D eigenvalue weighted by Crippen LogP contribution is 2.35. The minimum absolute atomic E-state index is 0.0165. The average molecular weight is 299 g/mol. The summed E-state index contributed by atoms with van der Waals surface area (Å²) < 4.78 is 28.7. The molecule has 0 bridgehead atoms. The highest BCUT2D eigenvalue weighted by atomic mass is 79.9. The number of carbonyl (C=O) groups is 1. The molecule has 0 amide bonds. The maximum Gasteiger partial charge on any atom is 0.387 e. The van der Waals surface area contributed by atoms with Gasteiger partial charge in [-0.15, -0.1) is 0 Å². The lowest BCUT2D eigenvalue weighted by atomic mass is 10.1. The molecule has 0 fully saturated rings. The Morgan fingerprint density at radius 1 is 1.53 bits per heavy atom. The van der Waals surface area contributed by atoms with Gasteiger partial charge in [0.1, 0.15) is 0 Å². The highest BCUT2D eigenvalue weighted by molar-refractivity contribution is 9.10. The molecule has 0 aliphatic rings. The molecule has 0 radical (unpaired) electrons. The molecule has 1 rings (SSSR count). The van der Waals surface area contributed by atoms with Crippen molar-refractivity contribution in [3.8, 4) is 5.75 Å². The number of carbonyl (C=O) groups excluding carboxylic acids is 1. The molecule has 1 aromatic rings. The fraction of sp³-hybridized carbons (Fsp3) is 0.222. The molecule has 15 heavy (non-hydrogen) atoms. The number of ketones is 1. The van der Waals surface area contributed by atoms with E-state index in [-0.39, 0.29) is 16.3 Å². The first-order valence-electron chi connectivity index (χ1n) is 3.87. The Morgan fingerprint density at radius 2 is 2.13 bits per heavy atom. The first kappa shape index (κ1) is 12.4. The van der Waals surface area contributed by atoms with Gasteiger partial charge in [-0.2, -0.15) is 8.78 Å². The Kier molecular flexibility index (Phi) is 4.04. The van der Waals surface area contributed by atoms with Crippen LogP contribution in [0, 0.1) is 0 Å². The predicted octanol–water partition coefficient (Wildman–Crippen LogP) is 3.91. The number of benzene rings is 1. The first-order chi connectivity index (χ1) is 6.93. The molecular weight excluding hydrogens is 293 g/mol. The van der Waals surface area contributed by atoms with Crippen molar-refractivity contribution < 1.29 is 18.3 Å². The predicted molar refractivity (Wildman–Crippen MR) is 55.8 cm³/mol. The molecule has 0 aliphatic carbocycles. The topological polar surface area (TPSA) is 26.3 Å². The molecule has 0 atom stereocenters. The maximum absolute atomic E-state index is 12.1. The minimum atomic E-state index is -3.02. The molecule has 0 heterocycles. The summed E-state index contributed by atoms with van der Waals surface area (Å²) in [5, 5.41) is -0.0244. The van der Waals surface area contributed by atoms with Gasteiger partial charge in [0, 0.05) is 4.47 Å². The zero-order chi connectivity index (χ0) is 11.6. The molecule has 0 spiro atoms. The number of hydrogen-bond donors (Lipinski definition) is 0. The van der Waals surface area contributed by atoms with Crippen molar-refractivity contribution in [3.05, 3.63) is 27.2 Å². The third-order valence-corrected chi connectivity index (χ3v) is 2.58. The van der Waals surface area contributed by atoms with Gasteiger partial charge >= 0.3 is 6.61 Å². The number of alkyl halides is 2. The van der Waals surface area contributed by atoms with E-state index in [2.05, 4.69) is 20.7 Å². The van der Waals surface area contributed by atoms with Crippen molar-refractivity contribution in [3.63, 3.8) is 0 Å². The molecule has 0 unspecified atom stereocenters. The Morgan fingerprint density at radius 3 is 2.60 bits per heavy atom. The van der Waals surface area contributed by atoms with E-state index in [0.717, 1.165) is 0 Å². The van der Waals surface area contributed by atoms with Crippen LogP contribution < -0.4 is 4.74 Å². The zero-order valence-corrected chi connectivity index (χ0v) is 9.90. The van der Waals surface area contributed by atoms with Crippen LogP contribution in [0.3, 0.4) is 0 Å². The fourth-order valence-corrected chi connectivity index (χ4v) is 1.86. The van der Waals surface area contributed by atoms with E-state index in [9.17, 15) is 13.6 Å². The van der Waals surface area contributed by atoms with E-state index in [4.69, 9.17) is 11.6 Å². The second kappa shape index (κ2) is 4.90. The molecule has 0 saturated heterocycles. The molecule has 1 aromatic carbocycles. The average Bonchev–Trinajstić information content (AvgIpc) is 2.10. The van der Waals surface area contributed by atoms with Crippen LogP contribution in [0.25, 0.3) is 0 Å². The molecule has 82 valence electrons. The summed E-state index contributed by atoms with van der Waals surface area (Å²) in [4.78, 5) is 11.2. The van der Waals surface area contributed by atoms with Crippen LogP contribution in [-0.2, 0) is 0 Å². The lowest BCUT2D eigenvalue weighted by Gasteiger charge is -2.11. The van der Waals surface area contributed by atoms with Crippen LogP contribution in [-0.4, -0.2) is 12.4 Å². The summed E-state index contributed by atoms with van der Waals surface area (Å²) in [5.41, 5.74) is 0.0165. The molecule has 0 aromatic heterocycles. The Balaban J connectivity index is 3.31. The molecule has 6 heteroatoms. The van der Waals surface area contributed by atoms with Gasteiger partial charge in [0.15, 0.2) is 11.5 Å². The lowest BCUT2D eigenvalue weighted by molar-refractivity contribution is -0.0501. The molecular formula is C9H6BrClF2O2. The SMILES string of the molecule is CC(=O)c1c(Br)ccc(Cl)c1OC(F)F. The van der Waals surface area contributed by atoms with Gasteiger partial charge in [0.05, 0.1) is 10.6 Å². The van der Waals surface area contributed by atoms with Crippen LogP contribution in [0.15, 0.2) is 16.6 Å². The third-order valence-electron chi connectivity index (χ3n) is 1.62. The fourth-order valence-electron chi connectivity index (χ4n) is 1.07. The molecule has 0 saturated carbocycles. The smallest absolute Gasteiger partial charge is 0.387 e. The van der Waals surface area contributed by atoms with Crippen LogP contribution in [0.4, 0.5) is 8.78 Å². The van der Waals surface area contributed by atoms with Crippen molar-refractivity contribution in [2.75, 3.05) is 0 Å². The maximum atomic E-state index is 12.1. The number of halogens is 4. The second-order valence-corrected chi connectivity index (χ2v) is 3.93. The van der Waals surface area contributed by atoms with E-state index in [0.29, 0.717) is 4.47 Å². The van der Waals surface area contributed by atoms with Crippen LogP contribution >= 0.6 is 27.5 Å². The van der Waals surface area contributed by atoms with Gasteiger partial charge in [-0.05, 0) is 35.0 Å². The number of hydrogen-bond acceptors (Lipinski definition) is 2. The second-order valence-electron chi connectivity index (χ2n) is 2.67. The van der Waals surface area contributed by atoms with Crippen molar-refractivity contribution >= 4 is 33.3 Å². The summed E-state index contributed by atoms with van der Waals surface area (Å²) in [5.74, 6) is -0.700. The summed E-state index contributed by atoms with van der Waals surface area (Å²) in [6.07, 6.45) is 0. The largest absolute Gasteiger partial charge is 0.432 e. The summed E-state index contributed by atoms with van der Waals surface area (Å²) >= 11 is 8.73. The van der Waals surface area contributed by atoms with E-state index in [1.165, 1.54) is 19.1 Å². The molecule has 0 aliphatic heterocycles. The zero-order valence-electron chi connectivity index (χ0n) is 7.56. The van der Waals surface area contributed by atoms with E-state index >= 15 is 0 Å². The van der Waals surface area contributed by atoms with Gasteiger partial charge in [-0.1, -0.05) is 11.6 Å². The normalized spacial score (nSPS) is 10.5. The number of Topliss-reactive ketones (excluding diaryl/α,β-unsaturated/α-hetero) is 1. The number of rotatable bonds is 3. The van der Waals surface area contributed by atoms with Crippen LogP contribution in [0.5, 0.6) is 5.75 Å². The quantitative estimate of drug-likeness (QED) is 0.791. The minimum Gasteiger partial charge on any atom is -0.432 e. The highest BCUT2D eigenvalue weighted by Gasteiger charge is 2.19. The van der Waals surface area contributed by atoms with Gasteiger partial charge in [-0.25, -0.2) is 0 Å². The standard InChI is InChI=1S/C9H6BrClF2O2/c1-4(14)7-5(10)2-3-6(11)8(7)15-9(12)13/h2-3,9H,1H3. The van der Waals surface area contributed by atoms with Crippen LogP contribution in [0.1, 0.15) is 17.3 Å². The Bertz CT molecular complexity index is 396. The third kappa shape index (κ3) is 2.89. The lowest BCUT2D eigenvalue weighted by Crippen LogP contribution is -2.07.